The van der Waals surface area contributed by atoms with E-state index in [0.29, 0.717) is 10.7 Å². The van der Waals surface area contributed by atoms with E-state index < -0.39 is 23.4 Å². The second kappa shape index (κ2) is 8.65. The highest BCUT2D eigenvalue weighted by molar-refractivity contribution is 6.36. The van der Waals surface area contributed by atoms with Crippen molar-refractivity contribution in [1.82, 2.24) is 4.98 Å². The summed E-state index contributed by atoms with van der Waals surface area (Å²) in [5, 5.41) is 13.7. The van der Waals surface area contributed by atoms with Gasteiger partial charge in [0.1, 0.15) is 11.3 Å². The summed E-state index contributed by atoms with van der Waals surface area (Å²) in [5.74, 6) is -1.53. The molecule has 0 spiro atoms. The molecule has 1 amide bonds. The van der Waals surface area contributed by atoms with E-state index in [4.69, 9.17) is 32.7 Å². The van der Waals surface area contributed by atoms with E-state index in [0.717, 1.165) is 6.07 Å². The number of nitrogens with one attached hydrogen (secondary N) is 1. The van der Waals surface area contributed by atoms with Crippen molar-refractivity contribution in [3.8, 4) is 5.75 Å². The van der Waals surface area contributed by atoms with Crippen LogP contribution in [-0.2, 0) is 9.53 Å². The Morgan fingerprint density at radius 1 is 1.26 bits per heavy atom. The predicted molar refractivity (Wildman–Crippen MR) is 97.6 cm³/mol. The monoisotopic (exact) mass is 413 g/mol. The highest BCUT2D eigenvalue weighted by Crippen LogP contribution is 2.26. The lowest BCUT2D eigenvalue weighted by atomic mass is 10.2. The van der Waals surface area contributed by atoms with Crippen molar-refractivity contribution in [1.29, 1.82) is 0 Å². The number of carbonyl (C=O) groups excluding carboxylic acids is 2. The van der Waals surface area contributed by atoms with Gasteiger partial charge in [0, 0.05) is 12.1 Å². The Morgan fingerprint density at radius 2 is 1.96 bits per heavy atom. The van der Waals surface area contributed by atoms with Gasteiger partial charge in [-0.1, -0.05) is 23.2 Å². The third-order valence-corrected chi connectivity index (χ3v) is 3.98. The number of nitro groups is 1. The number of hydrogen-bond acceptors (Lipinski definition) is 7. The molecule has 0 saturated heterocycles. The highest BCUT2D eigenvalue weighted by atomic mass is 35.5. The molecule has 1 heterocycles. The summed E-state index contributed by atoms with van der Waals surface area (Å²) >= 11 is 11.8. The summed E-state index contributed by atoms with van der Waals surface area (Å²) in [7, 11) is 1.29. The number of amides is 1. The number of nitro benzene ring substituents is 1. The van der Waals surface area contributed by atoms with Crippen molar-refractivity contribution in [2.45, 2.75) is 6.92 Å². The Morgan fingerprint density at radius 3 is 2.59 bits per heavy atom. The van der Waals surface area contributed by atoms with E-state index in [1.54, 1.807) is 6.92 Å². The zero-order valence-corrected chi connectivity index (χ0v) is 15.6. The van der Waals surface area contributed by atoms with E-state index in [-0.39, 0.29) is 27.8 Å². The Kier molecular flexibility index (Phi) is 6.54. The zero-order valence-electron chi connectivity index (χ0n) is 14.1. The number of aromatic nitrogens is 1. The summed E-state index contributed by atoms with van der Waals surface area (Å²) in [4.78, 5) is 38.3. The van der Waals surface area contributed by atoms with Gasteiger partial charge in [-0.05, 0) is 19.1 Å². The minimum atomic E-state index is -0.961. The van der Waals surface area contributed by atoms with Gasteiger partial charge in [0.05, 0.1) is 27.8 Å². The van der Waals surface area contributed by atoms with Crippen molar-refractivity contribution < 1.29 is 24.0 Å². The normalized spacial score (nSPS) is 10.2. The molecule has 142 valence electrons. The number of non-ortho nitro benzene ring substituents is 1. The van der Waals surface area contributed by atoms with Gasteiger partial charge in [-0.15, -0.1) is 0 Å². The molecule has 9 nitrogen and oxygen atoms in total. The first-order chi connectivity index (χ1) is 12.7. The van der Waals surface area contributed by atoms with Crippen LogP contribution in [0.1, 0.15) is 16.1 Å². The summed E-state index contributed by atoms with van der Waals surface area (Å²) in [6.07, 6.45) is 0. The van der Waals surface area contributed by atoms with Gasteiger partial charge in [0.25, 0.3) is 11.6 Å². The number of halogens is 2. The average Bonchev–Trinajstić information content (AvgIpc) is 2.63. The number of nitrogens with zero attached hydrogens (tertiary/aromatic N) is 2. The Bertz CT molecular complexity index is 919. The number of ether oxygens (including phenoxy) is 2. The molecule has 27 heavy (non-hydrogen) atoms. The van der Waals surface area contributed by atoms with E-state index in [1.165, 1.54) is 25.3 Å². The number of rotatable bonds is 6. The van der Waals surface area contributed by atoms with Crippen LogP contribution in [0.5, 0.6) is 5.75 Å². The van der Waals surface area contributed by atoms with Gasteiger partial charge in [0.2, 0.25) is 0 Å². The first kappa shape index (κ1) is 20.4. The fraction of sp³-hybridized carbons (Fsp3) is 0.188. The van der Waals surface area contributed by atoms with Gasteiger partial charge in [0.15, 0.2) is 12.4 Å². The van der Waals surface area contributed by atoms with Gasteiger partial charge in [-0.2, -0.15) is 0 Å². The smallest absolute Gasteiger partial charge is 0.342 e. The van der Waals surface area contributed by atoms with Crippen LogP contribution in [0.4, 0.5) is 11.5 Å². The Labute approximate surface area is 163 Å². The summed E-state index contributed by atoms with van der Waals surface area (Å²) in [6.45, 7) is 0.966. The maximum Gasteiger partial charge on any atom is 0.342 e. The van der Waals surface area contributed by atoms with Gasteiger partial charge in [-0.3, -0.25) is 14.9 Å². The van der Waals surface area contributed by atoms with E-state index in [2.05, 4.69) is 10.3 Å². The predicted octanol–water partition coefficient (Wildman–Crippen LogP) is 3.41. The molecule has 0 bridgehead atoms. The average molecular weight is 414 g/mol. The topological polar surface area (TPSA) is 121 Å². The number of hydrogen-bond donors (Lipinski definition) is 1. The van der Waals surface area contributed by atoms with Gasteiger partial charge in [-0.25, -0.2) is 9.78 Å². The lowest BCUT2D eigenvalue weighted by molar-refractivity contribution is -0.384. The molecule has 0 aliphatic heterocycles. The minimum Gasteiger partial charge on any atom is -0.496 e. The van der Waals surface area contributed by atoms with Crippen LogP contribution < -0.4 is 10.1 Å². The van der Waals surface area contributed by atoms with Crippen LogP contribution in [0.15, 0.2) is 24.3 Å². The molecule has 0 atom stereocenters. The maximum absolute atomic E-state index is 12.2. The molecule has 2 rings (SSSR count). The summed E-state index contributed by atoms with van der Waals surface area (Å²) < 4.78 is 9.86. The lowest BCUT2D eigenvalue weighted by Crippen LogP contribution is -2.22. The van der Waals surface area contributed by atoms with E-state index in [9.17, 15) is 19.7 Å². The third-order valence-electron chi connectivity index (χ3n) is 3.31. The van der Waals surface area contributed by atoms with E-state index >= 15 is 0 Å². The molecule has 0 aliphatic rings. The van der Waals surface area contributed by atoms with Crippen molar-refractivity contribution in [3.63, 3.8) is 0 Å². The molecule has 11 heteroatoms. The van der Waals surface area contributed by atoms with Crippen LogP contribution in [0.3, 0.4) is 0 Å². The second-order valence-electron chi connectivity index (χ2n) is 5.15. The number of methoxy groups -OCH3 is 1. The maximum atomic E-state index is 12.2. The molecule has 1 N–H and O–H groups in total. The first-order valence-electron chi connectivity index (χ1n) is 7.35. The van der Waals surface area contributed by atoms with Crippen molar-refractivity contribution in [3.05, 3.63) is 55.7 Å². The summed E-state index contributed by atoms with van der Waals surface area (Å²) in [5.41, 5.74) is -0.0486. The van der Waals surface area contributed by atoms with Crippen LogP contribution in [0.2, 0.25) is 10.0 Å². The van der Waals surface area contributed by atoms with Crippen LogP contribution in [-0.4, -0.2) is 35.5 Å². The van der Waals surface area contributed by atoms with Crippen LogP contribution in [0, 0.1) is 17.0 Å². The number of esters is 1. The molecular weight excluding hydrogens is 401 g/mol. The number of carbonyl (C=O) groups is 2. The molecule has 1 aromatic heterocycles. The minimum absolute atomic E-state index is 0.0625. The molecule has 0 fully saturated rings. The number of anilines is 1. The lowest BCUT2D eigenvalue weighted by Gasteiger charge is -2.10. The molecule has 0 saturated carbocycles. The fourth-order valence-corrected chi connectivity index (χ4v) is 2.40. The number of pyridine rings is 1. The Hall–Kier alpha value is -2.91. The van der Waals surface area contributed by atoms with Gasteiger partial charge >= 0.3 is 5.97 Å². The molecule has 0 aliphatic carbocycles. The molecular formula is C16H13Cl2N3O6. The zero-order chi connectivity index (χ0) is 20.1. The number of benzene rings is 1. The molecule has 2 aromatic rings. The largest absolute Gasteiger partial charge is 0.496 e. The Balaban J connectivity index is 2.07. The molecule has 0 radical (unpaired) electrons. The van der Waals surface area contributed by atoms with Crippen molar-refractivity contribution >= 4 is 46.6 Å². The SMILES string of the molecule is COc1ccc([N+](=O)[O-])cc1C(=O)OCC(=O)Nc1nc(C)c(Cl)cc1Cl. The van der Waals surface area contributed by atoms with Crippen LogP contribution in [0.25, 0.3) is 0 Å². The number of aryl methyl sites for hydroxylation is 1. The second-order valence-corrected chi connectivity index (χ2v) is 5.97. The standard InChI is InChI=1S/C16H13Cl2N3O6/c1-8-11(17)6-12(18)15(19-8)20-14(22)7-27-16(23)10-5-9(21(24)25)3-4-13(10)26-2/h3-6H,7H2,1-2H3,(H,19,20,22). The fourth-order valence-electron chi connectivity index (χ4n) is 1.99. The van der Waals surface area contributed by atoms with Gasteiger partial charge < -0.3 is 14.8 Å². The molecule has 0 unspecified atom stereocenters. The highest BCUT2D eigenvalue weighted by Gasteiger charge is 2.20. The van der Waals surface area contributed by atoms with Crippen molar-refractivity contribution in [2.75, 3.05) is 19.0 Å². The van der Waals surface area contributed by atoms with Crippen molar-refractivity contribution in [2.24, 2.45) is 0 Å². The molecule has 1 aromatic carbocycles. The van der Waals surface area contributed by atoms with Crippen LogP contribution >= 0.6 is 23.2 Å². The first-order valence-corrected chi connectivity index (χ1v) is 8.10. The third kappa shape index (κ3) is 5.05. The van der Waals surface area contributed by atoms with E-state index in [1.807, 2.05) is 0 Å². The quantitative estimate of drug-likeness (QED) is 0.437. The summed E-state index contributed by atoms with van der Waals surface area (Å²) in [6, 6.07) is 4.86.